The lowest BCUT2D eigenvalue weighted by molar-refractivity contribution is -0.274. The number of alkyl halides is 3. The summed E-state index contributed by atoms with van der Waals surface area (Å²) in [6, 6.07) is 2.95. The maximum atomic E-state index is 12.9. The number of rotatable bonds is 2. The summed E-state index contributed by atoms with van der Waals surface area (Å²) >= 11 is 0. The second kappa shape index (κ2) is 3.86. The second-order valence-corrected chi connectivity index (χ2v) is 2.65. The lowest BCUT2D eigenvalue weighted by atomic mass is 10.1. The molecule has 0 fully saturated rings. The third-order valence-corrected chi connectivity index (χ3v) is 1.63. The van der Waals surface area contributed by atoms with Crippen LogP contribution in [0.5, 0.6) is 5.75 Å². The van der Waals surface area contributed by atoms with E-state index in [1.165, 1.54) is 0 Å². The molecule has 0 aromatic heterocycles. The summed E-state index contributed by atoms with van der Waals surface area (Å²) in [5, 5.41) is 0. The van der Waals surface area contributed by atoms with E-state index in [0.717, 1.165) is 18.2 Å². The average Bonchev–Trinajstić information content (AvgIpc) is 2.06. The molecule has 1 nitrogen and oxygen atoms in total. The zero-order valence-electron chi connectivity index (χ0n) is 7.36. The van der Waals surface area contributed by atoms with E-state index in [2.05, 4.69) is 4.74 Å². The molecule has 0 radical (unpaired) electrons. The van der Waals surface area contributed by atoms with Gasteiger partial charge in [-0.2, -0.15) is 0 Å². The summed E-state index contributed by atoms with van der Waals surface area (Å²) in [5.41, 5.74) is 0.201. The van der Waals surface area contributed by atoms with Gasteiger partial charge in [0.15, 0.2) is 0 Å². The SMILES string of the molecule is CCc1cc(OC(F)(F)F)ccc1F. The van der Waals surface area contributed by atoms with Crippen molar-refractivity contribution in [3.63, 3.8) is 0 Å². The Morgan fingerprint density at radius 1 is 1.29 bits per heavy atom. The van der Waals surface area contributed by atoms with Gasteiger partial charge in [-0.15, -0.1) is 13.2 Å². The first-order valence-electron chi connectivity index (χ1n) is 3.96. The van der Waals surface area contributed by atoms with E-state index in [-0.39, 0.29) is 5.56 Å². The Morgan fingerprint density at radius 2 is 1.93 bits per heavy atom. The van der Waals surface area contributed by atoms with Crippen molar-refractivity contribution < 1.29 is 22.3 Å². The van der Waals surface area contributed by atoms with Gasteiger partial charge in [0.25, 0.3) is 0 Å². The highest BCUT2D eigenvalue weighted by Crippen LogP contribution is 2.24. The number of halogens is 4. The van der Waals surface area contributed by atoms with Crippen LogP contribution in [-0.2, 0) is 6.42 Å². The monoisotopic (exact) mass is 208 g/mol. The molecule has 0 saturated heterocycles. The lowest BCUT2D eigenvalue weighted by Crippen LogP contribution is -2.17. The van der Waals surface area contributed by atoms with Crippen LogP contribution in [0.15, 0.2) is 18.2 Å². The molecule has 0 aliphatic rings. The Bertz CT molecular complexity index is 319. The minimum Gasteiger partial charge on any atom is -0.406 e. The minimum atomic E-state index is -4.73. The van der Waals surface area contributed by atoms with Gasteiger partial charge in [-0.3, -0.25) is 0 Å². The quantitative estimate of drug-likeness (QED) is 0.677. The van der Waals surface area contributed by atoms with Gasteiger partial charge in [-0.1, -0.05) is 6.92 Å². The van der Waals surface area contributed by atoms with Crippen LogP contribution in [0, 0.1) is 5.82 Å². The summed E-state index contributed by atoms with van der Waals surface area (Å²) in [6.45, 7) is 1.65. The van der Waals surface area contributed by atoms with Crippen LogP contribution in [0.1, 0.15) is 12.5 Å². The molecule has 0 bridgehead atoms. The van der Waals surface area contributed by atoms with Crippen LogP contribution >= 0.6 is 0 Å². The Labute approximate surface area is 78.3 Å². The average molecular weight is 208 g/mol. The van der Waals surface area contributed by atoms with E-state index >= 15 is 0 Å². The van der Waals surface area contributed by atoms with Crippen molar-refractivity contribution in [2.75, 3.05) is 0 Å². The van der Waals surface area contributed by atoms with Gasteiger partial charge in [0.2, 0.25) is 0 Å². The molecular formula is C9H8F4O. The third kappa shape index (κ3) is 2.90. The van der Waals surface area contributed by atoms with E-state index in [1.807, 2.05) is 0 Å². The molecule has 0 N–H and O–H groups in total. The van der Waals surface area contributed by atoms with Gasteiger partial charge >= 0.3 is 6.36 Å². The summed E-state index contributed by atoms with van der Waals surface area (Å²) in [7, 11) is 0. The highest BCUT2D eigenvalue weighted by molar-refractivity contribution is 5.29. The first-order valence-corrected chi connectivity index (χ1v) is 3.96. The van der Waals surface area contributed by atoms with Crippen molar-refractivity contribution in [3.8, 4) is 5.75 Å². The molecular weight excluding hydrogens is 200 g/mol. The largest absolute Gasteiger partial charge is 0.573 e. The molecule has 0 aliphatic carbocycles. The maximum absolute atomic E-state index is 12.9. The number of ether oxygens (including phenoxy) is 1. The molecule has 0 saturated carbocycles. The lowest BCUT2D eigenvalue weighted by Gasteiger charge is -2.09. The van der Waals surface area contributed by atoms with Crippen LogP contribution < -0.4 is 4.74 Å². The minimum absolute atomic E-state index is 0.201. The second-order valence-electron chi connectivity index (χ2n) is 2.65. The number of hydrogen-bond donors (Lipinski definition) is 0. The molecule has 1 aromatic rings. The van der Waals surface area contributed by atoms with Crippen LogP contribution in [0.4, 0.5) is 17.6 Å². The van der Waals surface area contributed by atoms with E-state index in [1.54, 1.807) is 6.92 Å². The molecule has 1 aromatic carbocycles. The summed E-state index contributed by atoms with van der Waals surface area (Å²) in [4.78, 5) is 0. The Hall–Kier alpha value is -1.26. The van der Waals surface area contributed by atoms with Crippen molar-refractivity contribution in [2.45, 2.75) is 19.7 Å². The molecule has 0 spiro atoms. The fraction of sp³-hybridized carbons (Fsp3) is 0.333. The molecule has 0 amide bonds. The van der Waals surface area contributed by atoms with Crippen molar-refractivity contribution in [3.05, 3.63) is 29.6 Å². The summed E-state index contributed by atoms with van der Waals surface area (Å²) in [6.07, 6.45) is -4.41. The zero-order valence-corrected chi connectivity index (χ0v) is 7.36. The van der Waals surface area contributed by atoms with Crippen LogP contribution in [0.25, 0.3) is 0 Å². The van der Waals surface area contributed by atoms with Gasteiger partial charge < -0.3 is 4.74 Å². The molecule has 78 valence electrons. The van der Waals surface area contributed by atoms with Crippen molar-refractivity contribution in [1.29, 1.82) is 0 Å². The zero-order chi connectivity index (χ0) is 10.8. The van der Waals surface area contributed by atoms with Gasteiger partial charge in [-0.05, 0) is 30.2 Å². The van der Waals surface area contributed by atoms with Gasteiger partial charge in [0.1, 0.15) is 11.6 Å². The Balaban J connectivity index is 2.90. The molecule has 0 aliphatic heterocycles. The fourth-order valence-electron chi connectivity index (χ4n) is 1.02. The van der Waals surface area contributed by atoms with Crippen molar-refractivity contribution in [2.24, 2.45) is 0 Å². The van der Waals surface area contributed by atoms with Crippen molar-refractivity contribution >= 4 is 0 Å². The normalized spacial score (nSPS) is 11.5. The molecule has 0 heterocycles. The number of hydrogen-bond acceptors (Lipinski definition) is 1. The predicted molar refractivity (Wildman–Crippen MR) is 42.5 cm³/mol. The van der Waals surface area contributed by atoms with E-state index in [0.29, 0.717) is 6.42 Å². The molecule has 14 heavy (non-hydrogen) atoms. The Kier molecular flexibility index (Phi) is 2.98. The summed E-state index contributed by atoms with van der Waals surface area (Å²) < 4.78 is 51.8. The molecule has 1 rings (SSSR count). The standard InChI is InChI=1S/C9H8F4O/c1-2-6-5-7(3-4-8(6)10)14-9(11,12)13/h3-5H,2H2,1H3. The van der Waals surface area contributed by atoms with Gasteiger partial charge in [0.05, 0.1) is 0 Å². The van der Waals surface area contributed by atoms with Crippen LogP contribution in [0.2, 0.25) is 0 Å². The van der Waals surface area contributed by atoms with Crippen LogP contribution in [0.3, 0.4) is 0 Å². The highest BCUT2D eigenvalue weighted by Gasteiger charge is 2.31. The molecule has 0 atom stereocenters. The van der Waals surface area contributed by atoms with Gasteiger partial charge in [-0.25, -0.2) is 4.39 Å². The molecule has 5 heteroatoms. The first-order chi connectivity index (χ1) is 6.42. The number of benzene rings is 1. The fourth-order valence-corrected chi connectivity index (χ4v) is 1.02. The van der Waals surface area contributed by atoms with E-state index in [9.17, 15) is 17.6 Å². The van der Waals surface area contributed by atoms with E-state index in [4.69, 9.17) is 0 Å². The highest BCUT2D eigenvalue weighted by atomic mass is 19.4. The summed E-state index contributed by atoms with van der Waals surface area (Å²) in [5.74, 6) is -0.919. The predicted octanol–water partition coefficient (Wildman–Crippen LogP) is 3.29. The topological polar surface area (TPSA) is 9.23 Å². The first kappa shape index (κ1) is 10.8. The van der Waals surface area contributed by atoms with Gasteiger partial charge in [0, 0.05) is 0 Å². The van der Waals surface area contributed by atoms with Crippen molar-refractivity contribution in [1.82, 2.24) is 0 Å². The smallest absolute Gasteiger partial charge is 0.406 e. The Morgan fingerprint density at radius 3 is 2.43 bits per heavy atom. The third-order valence-electron chi connectivity index (χ3n) is 1.63. The van der Waals surface area contributed by atoms with Crippen LogP contribution in [-0.4, -0.2) is 6.36 Å². The number of aryl methyl sites for hydroxylation is 1. The maximum Gasteiger partial charge on any atom is 0.573 e. The van der Waals surface area contributed by atoms with E-state index < -0.39 is 17.9 Å². The molecule has 0 unspecified atom stereocenters.